The number of para-hydroxylation sites is 2. The molecule has 3 aromatic carbocycles. The summed E-state index contributed by atoms with van der Waals surface area (Å²) < 4.78 is 5.52. The fourth-order valence-corrected chi connectivity index (χ4v) is 4.75. The van der Waals surface area contributed by atoms with Crippen molar-refractivity contribution in [2.24, 2.45) is 5.41 Å². The lowest BCUT2D eigenvalue weighted by Gasteiger charge is -2.34. The first kappa shape index (κ1) is 22.2. The van der Waals surface area contributed by atoms with E-state index in [2.05, 4.69) is 24.5 Å². The normalized spacial score (nSPS) is 18.7. The molecule has 0 bridgehead atoms. The highest BCUT2D eigenvalue weighted by Gasteiger charge is 2.38. The molecule has 0 spiro atoms. The third-order valence-electron chi connectivity index (χ3n) is 6.23. The van der Waals surface area contributed by atoms with E-state index in [1.165, 1.54) is 0 Å². The summed E-state index contributed by atoms with van der Waals surface area (Å²) in [7, 11) is 0. The molecule has 0 saturated heterocycles. The SMILES string of the molecule is CC1(C)CC(=O)C2=C(C1)Nc1ccccc1NC2c1ccc(OC(=O)c2ccc(Cl)cc2)cc1. The average Bonchev–Trinajstić information content (AvgIpc) is 2.95. The molecule has 1 atom stereocenters. The molecule has 34 heavy (non-hydrogen) atoms. The molecule has 0 amide bonds. The highest BCUT2D eigenvalue weighted by atomic mass is 35.5. The van der Waals surface area contributed by atoms with E-state index in [-0.39, 0.29) is 17.2 Å². The fraction of sp³-hybridized carbons (Fsp3) is 0.214. The molecule has 5 rings (SSSR count). The van der Waals surface area contributed by atoms with Gasteiger partial charge in [-0.25, -0.2) is 4.79 Å². The molecular formula is C28H25ClN2O3. The van der Waals surface area contributed by atoms with Gasteiger partial charge in [0, 0.05) is 22.7 Å². The largest absolute Gasteiger partial charge is 0.423 e. The molecule has 6 heteroatoms. The van der Waals surface area contributed by atoms with E-state index >= 15 is 0 Å². The van der Waals surface area contributed by atoms with Crippen LogP contribution in [0.5, 0.6) is 5.75 Å². The molecule has 1 heterocycles. The van der Waals surface area contributed by atoms with Crippen LogP contribution < -0.4 is 15.4 Å². The Morgan fingerprint density at radius 3 is 2.32 bits per heavy atom. The minimum absolute atomic E-state index is 0.105. The second-order valence-corrected chi connectivity index (χ2v) is 9.98. The second-order valence-electron chi connectivity index (χ2n) is 9.55. The molecular weight excluding hydrogens is 448 g/mol. The summed E-state index contributed by atoms with van der Waals surface area (Å²) in [4.78, 5) is 25.8. The Morgan fingerprint density at radius 2 is 1.62 bits per heavy atom. The minimum atomic E-state index is -0.454. The number of ether oxygens (including phenoxy) is 1. The van der Waals surface area contributed by atoms with Gasteiger partial charge in [0.05, 0.1) is 23.0 Å². The van der Waals surface area contributed by atoms with Crippen LogP contribution in [0.2, 0.25) is 5.02 Å². The number of carbonyl (C=O) groups excluding carboxylic acids is 2. The third-order valence-corrected chi connectivity index (χ3v) is 6.48. The van der Waals surface area contributed by atoms with E-state index in [0.717, 1.165) is 34.6 Å². The number of Topliss-reactive ketones (excluding diaryl/α,β-unsaturated/α-hetero) is 1. The van der Waals surface area contributed by atoms with E-state index < -0.39 is 5.97 Å². The number of hydrogen-bond donors (Lipinski definition) is 2. The number of allylic oxidation sites excluding steroid dienone is 1. The summed E-state index contributed by atoms with van der Waals surface area (Å²) in [6.45, 7) is 4.25. The van der Waals surface area contributed by atoms with Crippen molar-refractivity contribution >= 4 is 34.7 Å². The van der Waals surface area contributed by atoms with Crippen LogP contribution in [0.25, 0.3) is 0 Å². The van der Waals surface area contributed by atoms with E-state index in [4.69, 9.17) is 16.3 Å². The highest BCUT2D eigenvalue weighted by Crippen LogP contribution is 2.45. The van der Waals surface area contributed by atoms with Crippen molar-refractivity contribution in [3.8, 4) is 5.75 Å². The molecule has 1 aliphatic carbocycles. The molecule has 2 aliphatic rings. The van der Waals surface area contributed by atoms with Crippen molar-refractivity contribution in [1.82, 2.24) is 0 Å². The Hall–Kier alpha value is -3.57. The van der Waals surface area contributed by atoms with Gasteiger partial charge in [-0.05, 0) is 65.9 Å². The second kappa shape index (κ2) is 8.65. The van der Waals surface area contributed by atoms with Gasteiger partial charge < -0.3 is 15.4 Å². The monoisotopic (exact) mass is 472 g/mol. The van der Waals surface area contributed by atoms with Crippen molar-refractivity contribution in [1.29, 1.82) is 0 Å². The van der Waals surface area contributed by atoms with Gasteiger partial charge in [-0.2, -0.15) is 0 Å². The first-order valence-electron chi connectivity index (χ1n) is 11.3. The number of anilines is 2. The van der Waals surface area contributed by atoms with Gasteiger partial charge >= 0.3 is 5.97 Å². The molecule has 5 nitrogen and oxygen atoms in total. The van der Waals surface area contributed by atoms with Crippen LogP contribution in [-0.2, 0) is 4.79 Å². The lowest BCUT2D eigenvalue weighted by molar-refractivity contribution is -0.118. The lowest BCUT2D eigenvalue weighted by atomic mass is 9.73. The number of nitrogens with one attached hydrogen (secondary N) is 2. The number of hydrogen-bond acceptors (Lipinski definition) is 5. The van der Waals surface area contributed by atoms with Gasteiger partial charge in [0.1, 0.15) is 5.75 Å². The van der Waals surface area contributed by atoms with Crippen LogP contribution in [0, 0.1) is 5.41 Å². The number of carbonyl (C=O) groups is 2. The van der Waals surface area contributed by atoms with E-state index in [9.17, 15) is 9.59 Å². The first-order chi connectivity index (χ1) is 16.3. The molecule has 2 N–H and O–H groups in total. The van der Waals surface area contributed by atoms with Crippen LogP contribution in [0.15, 0.2) is 84.1 Å². The Labute approximate surface area is 203 Å². The summed E-state index contributed by atoms with van der Waals surface area (Å²) in [6, 6.07) is 21.5. The lowest BCUT2D eigenvalue weighted by Crippen LogP contribution is -2.31. The highest BCUT2D eigenvalue weighted by molar-refractivity contribution is 6.30. The summed E-state index contributed by atoms with van der Waals surface area (Å²) in [5.74, 6) is 0.119. The summed E-state index contributed by atoms with van der Waals surface area (Å²) in [6.07, 6.45) is 1.29. The van der Waals surface area contributed by atoms with Gasteiger partial charge in [-0.1, -0.05) is 49.7 Å². The van der Waals surface area contributed by atoms with Crippen molar-refractivity contribution in [2.75, 3.05) is 10.6 Å². The Kier molecular flexibility index (Phi) is 5.66. The minimum Gasteiger partial charge on any atom is -0.423 e. The summed E-state index contributed by atoms with van der Waals surface area (Å²) in [5.41, 5.74) is 4.86. The predicted octanol–water partition coefficient (Wildman–Crippen LogP) is 6.78. The maximum atomic E-state index is 13.3. The molecule has 0 fully saturated rings. The standard InChI is InChI=1S/C28H25ClN2O3/c1-28(2)15-23-25(24(32)16-28)26(31-22-6-4-3-5-21(22)30-23)17-9-13-20(14-10-17)34-27(33)18-7-11-19(29)12-8-18/h3-14,26,30-31H,15-16H2,1-2H3. The molecule has 172 valence electrons. The number of fused-ring (bicyclic) bond motifs is 1. The van der Waals surface area contributed by atoms with Gasteiger partial charge in [-0.3, -0.25) is 4.79 Å². The zero-order valence-corrected chi connectivity index (χ0v) is 19.8. The Balaban J connectivity index is 1.46. The van der Waals surface area contributed by atoms with Crippen molar-refractivity contribution in [3.63, 3.8) is 0 Å². The average molecular weight is 473 g/mol. The Morgan fingerprint density at radius 1 is 0.941 bits per heavy atom. The van der Waals surface area contributed by atoms with Gasteiger partial charge in [0.2, 0.25) is 0 Å². The van der Waals surface area contributed by atoms with Gasteiger partial charge in [0.15, 0.2) is 5.78 Å². The van der Waals surface area contributed by atoms with Crippen LogP contribution >= 0.6 is 11.6 Å². The van der Waals surface area contributed by atoms with Crippen molar-refractivity contribution < 1.29 is 14.3 Å². The zero-order valence-electron chi connectivity index (χ0n) is 19.0. The molecule has 0 aromatic heterocycles. The topological polar surface area (TPSA) is 67.4 Å². The zero-order chi connectivity index (χ0) is 23.9. The summed E-state index contributed by atoms with van der Waals surface area (Å²) >= 11 is 5.90. The van der Waals surface area contributed by atoms with E-state index in [1.807, 2.05) is 36.4 Å². The van der Waals surface area contributed by atoms with Crippen molar-refractivity contribution in [3.05, 3.63) is 100 Å². The van der Waals surface area contributed by atoms with E-state index in [1.54, 1.807) is 36.4 Å². The van der Waals surface area contributed by atoms with Gasteiger partial charge in [-0.15, -0.1) is 0 Å². The Bertz CT molecular complexity index is 1290. The van der Waals surface area contributed by atoms with E-state index in [0.29, 0.717) is 22.8 Å². The fourth-order valence-electron chi connectivity index (χ4n) is 4.62. The molecule has 0 radical (unpaired) electrons. The first-order valence-corrected chi connectivity index (χ1v) is 11.6. The smallest absolute Gasteiger partial charge is 0.343 e. The molecule has 3 aromatic rings. The van der Waals surface area contributed by atoms with Crippen LogP contribution in [0.3, 0.4) is 0 Å². The molecule has 1 aliphatic heterocycles. The number of rotatable bonds is 3. The number of halogens is 1. The summed E-state index contributed by atoms with van der Waals surface area (Å²) in [5, 5.41) is 7.64. The quantitative estimate of drug-likeness (QED) is 0.325. The van der Waals surface area contributed by atoms with Crippen LogP contribution in [0.1, 0.15) is 48.7 Å². The maximum absolute atomic E-state index is 13.3. The number of esters is 1. The maximum Gasteiger partial charge on any atom is 0.343 e. The van der Waals surface area contributed by atoms with Crippen LogP contribution in [0.4, 0.5) is 11.4 Å². The van der Waals surface area contributed by atoms with Crippen LogP contribution in [-0.4, -0.2) is 11.8 Å². The molecule has 1 unspecified atom stereocenters. The van der Waals surface area contributed by atoms with Crippen molar-refractivity contribution in [2.45, 2.75) is 32.7 Å². The number of benzene rings is 3. The number of ketones is 1. The third kappa shape index (κ3) is 4.44. The predicted molar refractivity (Wildman–Crippen MR) is 134 cm³/mol. The van der Waals surface area contributed by atoms with Gasteiger partial charge in [0.25, 0.3) is 0 Å². The molecule has 0 saturated carbocycles.